The van der Waals surface area contributed by atoms with E-state index in [1.165, 1.54) is 45.9 Å². The molecule has 0 bridgehead atoms. The maximum absolute atomic E-state index is 13.1. The van der Waals surface area contributed by atoms with E-state index in [9.17, 15) is 9.59 Å². The van der Waals surface area contributed by atoms with Crippen LogP contribution in [-0.4, -0.2) is 57.3 Å². The van der Waals surface area contributed by atoms with E-state index in [0.717, 1.165) is 35.6 Å². The summed E-state index contributed by atoms with van der Waals surface area (Å²) < 4.78 is 2.08. The Bertz CT molecular complexity index is 1700. The van der Waals surface area contributed by atoms with Crippen LogP contribution >= 0.6 is 34.9 Å². The number of aromatic nitrogens is 3. The number of benzene rings is 2. The summed E-state index contributed by atoms with van der Waals surface area (Å²) >= 11 is 4.57. The van der Waals surface area contributed by atoms with Crippen LogP contribution in [-0.2, 0) is 22.4 Å². The van der Waals surface area contributed by atoms with Crippen molar-refractivity contribution >= 4 is 69.2 Å². The van der Waals surface area contributed by atoms with E-state index in [1.54, 1.807) is 35.2 Å². The molecule has 10 nitrogen and oxygen atoms in total. The van der Waals surface area contributed by atoms with Gasteiger partial charge >= 0.3 is 0 Å². The number of carbonyl (C=O) groups is 2. The fourth-order valence-corrected chi connectivity index (χ4v) is 8.80. The first-order valence-corrected chi connectivity index (χ1v) is 16.9. The van der Waals surface area contributed by atoms with Gasteiger partial charge in [-0.15, -0.1) is 21.5 Å². The number of amides is 2. The van der Waals surface area contributed by atoms with E-state index in [-0.39, 0.29) is 29.5 Å². The largest absolute Gasteiger partial charge is 0.315 e. The minimum Gasteiger partial charge on any atom is -0.315 e. The minimum atomic E-state index is -0.210. The quantitative estimate of drug-likeness (QED) is 0.284. The lowest BCUT2D eigenvalue weighted by atomic mass is 9.94. The summed E-state index contributed by atoms with van der Waals surface area (Å²) in [4.78, 5) is 33.0. The molecule has 1 unspecified atom stereocenters. The van der Waals surface area contributed by atoms with Crippen molar-refractivity contribution in [3.05, 3.63) is 76.7 Å². The molecular weight excluding hydrogens is 601 g/mol. The number of aryl methyl sites for hydroxylation is 1. The molecule has 1 N–H and O–H groups in total. The predicted octanol–water partition coefficient (Wildman–Crippen LogP) is 5.05. The highest BCUT2D eigenvalue weighted by atomic mass is 32.2. The molecule has 1 atom stereocenters. The number of hydrogen-bond acceptors (Lipinski definition) is 10. The van der Waals surface area contributed by atoms with Crippen molar-refractivity contribution in [3.8, 4) is 5.00 Å². The van der Waals surface area contributed by atoms with Crippen molar-refractivity contribution in [2.75, 3.05) is 40.3 Å². The van der Waals surface area contributed by atoms with Gasteiger partial charge in [0.15, 0.2) is 16.5 Å². The number of hydrazone groups is 1. The van der Waals surface area contributed by atoms with Crippen LogP contribution in [0.5, 0.6) is 0 Å². The van der Waals surface area contributed by atoms with Gasteiger partial charge in [-0.25, -0.2) is 4.57 Å². The fraction of sp³-hybridized carbons (Fsp3) is 0.300. The normalized spacial score (nSPS) is 16.4. The summed E-state index contributed by atoms with van der Waals surface area (Å²) in [5.41, 5.74) is 7.62. The van der Waals surface area contributed by atoms with Crippen LogP contribution in [0.15, 0.2) is 70.9 Å². The number of rotatable bonds is 7. The van der Waals surface area contributed by atoms with Gasteiger partial charge in [-0.05, 0) is 55.5 Å². The Balaban J connectivity index is 1.16. The summed E-state index contributed by atoms with van der Waals surface area (Å²) in [5.74, 6) is 1.05. The van der Waals surface area contributed by atoms with Gasteiger partial charge in [-0.2, -0.15) is 5.10 Å². The van der Waals surface area contributed by atoms with Gasteiger partial charge in [0.05, 0.1) is 11.5 Å². The van der Waals surface area contributed by atoms with Crippen molar-refractivity contribution < 1.29 is 9.59 Å². The Kier molecular flexibility index (Phi) is 7.62. The Morgan fingerprint density at radius 3 is 2.21 bits per heavy atom. The van der Waals surface area contributed by atoms with E-state index in [2.05, 4.69) is 25.1 Å². The molecule has 1 aliphatic carbocycles. The molecule has 43 heavy (non-hydrogen) atoms. The number of para-hydroxylation sites is 2. The second-order valence-electron chi connectivity index (χ2n) is 10.5. The SMILES string of the molecule is CN(C(=O)CSC1=NNC2c3c(sc4c3CCCC4)-n3c(SCC(=O)N(C)c4ccccc4)nnc3N12)c1ccccc1. The van der Waals surface area contributed by atoms with Crippen molar-refractivity contribution in [2.24, 2.45) is 5.10 Å². The van der Waals surface area contributed by atoms with E-state index in [4.69, 9.17) is 5.10 Å². The zero-order valence-corrected chi connectivity index (χ0v) is 26.2. The Labute approximate surface area is 262 Å². The number of anilines is 3. The van der Waals surface area contributed by atoms with Gasteiger partial charge in [0, 0.05) is 35.9 Å². The summed E-state index contributed by atoms with van der Waals surface area (Å²) in [6, 6.07) is 19.2. The number of nitrogens with zero attached hydrogens (tertiary/aromatic N) is 7. The molecule has 220 valence electrons. The molecule has 0 radical (unpaired) electrons. The number of carbonyl (C=O) groups excluding carboxylic acids is 2. The number of hydrogen-bond donors (Lipinski definition) is 1. The molecule has 0 saturated carbocycles. The number of amidine groups is 1. The number of thiophene rings is 1. The molecule has 4 heterocycles. The number of fused-ring (bicyclic) bond motifs is 8. The molecule has 0 saturated heterocycles. The van der Waals surface area contributed by atoms with E-state index in [1.807, 2.05) is 60.7 Å². The predicted molar refractivity (Wildman–Crippen MR) is 175 cm³/mol. The Hall–Kier alpha value is -3.81. The van der Waals surface area contributed by atoms with Crippen molar-refractivity contribution in [3.63, 3.8) is 0 Å². The standard InChI is InChI=1S/C30H30N8O2S3/c1-35(19-11-5-3-6-12-19)23(39)17-41-29-33-31-26-25-21-15-9-10-16-22(21)43-27(25)38-28(37(26)29)32-34-30(38)42-18-24(40)36(2)20-13-7-4-8-14-20/h3-8,11-14,26,31H,9-10,15-18H2,1-2H3. The summed E-state index contributed by atoms with van der Waals surface area (Å²) in [5, 5.41) is 16.3. The van der Waals surface area contributed by atoms with Crippen molar-refractivity contribution in [2.45, 2.75) is 37.0 Å². The molecule has 0 fully saturated rings. The maximum atomic E-state index is 13.1. The van der Waals surface area contributed by atoms with Gasteiger partial charge < -0.3 is 9.80 Å². The highest BCUT2D eigenvalue weighted by molar-refractivity contribution is 8.14. The minimum absolute atomic E-state index is 0.0189. The molecule has 13 heteroatoms. The molecular formula is C30H30N8O2S3. The third-order valence-electron chi connectivity index (χ3n) is 7.93. The smallest absolute Gasteiger partial charge is 0.241 e. The van der Waals surface area contributed by atoms with Gasteiger partial charge in [-0.3, -0.25) is 19.9 Å². The van der Waals surface area contributed by atoms with E-state index < -0.39 is 0 Å². The lowest BCUT2D eigenvalue weighted by Gasteiger charge is -2.32. The summed E-state index contributed by atoms with van der Waals surface area (Å²) in [7, 11) is 3.58. The maximum Gasteiger partial charge on any atom is 0.241 e. The lowest BCUT2D eigenvalue weighted by molar-refractivity contribution is -0.116. The van der Waals surface area contributed by atoms with E-state index >= 15 is 0 Å². The average molecular weight is 631 g/mol. The zero-order chi connectivity index (χ0) is 29.5. The summed E-state index contributed by atoms with van der Waals surface area (Å²) in [6.45, 7) is 0. The molecule has 3 aliphatic rings. The van der Waals surface area contributed by atoms with Gasteiger partial charge in [-0.1, -0.05) is 59.9 Å². The molecule has 2 amide bonds. The van der Waals surface area contributed by atoms with Crippen molar-refractivity contribution in [1.29, 1.82) is 0 Å². The van der Waals surface area contributed by atoms with Gasteiger partial charge in [0.1, 0.15) is 5.00 Å². The number of thioether (sulfide) groups is 2. The Morgan fingerprint density at radius 2 is 1.53 bits per heavy atom. The highest BCUT2D eigenvalue weighted by Crippen LogP contribution is 2.49. The second kappa shape index (κ2) is 11.7. The monoisotopic (exact) mass is 630 g/mol. The Morgan fingerprint density at radius 1 is 0.907 bits per heavy atom. The molecule has 2 aromatic carbocycles. The van der Waals surface area contributed by atoms with Crippen LogP contribution in [0.4, 0.5) is 17.3 Å². The number of nitrogens with one attached hydrogen (secondary N) is 1. The van der Waals surface area contributed by atoms with Crippen LogP contribution < -0.4 is 20.1 Å². The third-order valence-corrected chi connectivity index (χ3v) is 11.1. The van der Waals surface area contributed by atoms with Crippen LogP contribution in [0.1, 0.15) is 35.0 Å². The van der Waals surface area contributed by atoms with Crippen LogP contribution in [0.3, 0.4) is 0 Å². The lowest BCUT2D eigenvalue weighted by Crippen LogP contribution is -2.39. The molecule has 2 aliphatic heterocycles. The zero-order valence-electron chi connectivity index (χ0n) is 23.8. The first-order valence-electron chi connectivity index (χ1n) is 14.1. The van der Waals surface area contributed by atoms with Gasteiger partial charge in [0.2, 0.25) is 17.8 Å². The highest BCUT2D eigenvalue weighted by Gasteiger charge is 2.44. The molecule has 4 aromatic rings. The van der Waals surface area contributed by atoms with Crippen LogP contribution in [0, 0.1) is 0 Å². The third kappa shape index (κ3) is 5.08. The first kappa shape index (κ1) is 28.0. The molecule has 7 rings (SSSR count). The van der Waals surface area contributed by atoms with Gasteiger partial charge in [0.25, 0.3) is 0 Å². The average Bonchev–Trinajstić information content (AvgIpc) is 3.77. The molecule has 0 spiro atoms. The summed E-state index contributed by atoms with van der Waals surface area (Å²) in [6.07, 6.45) is 4.21. The molecule has 2 aromatic heterocycles. The topological polar surface area (TPSA) is 99.0 Å². The first-order chi connectivity index (χ1) is 21.0. The second-order valence-corrected chi connectivity index (χ2v) is 13.5. The van der Waals surface area contributed by atoms with Crippen molar-refractivity contribution in [1.82, 2.24) is 20.2 Å². The van der Waals surface area contributed by atoms with Crippen LogP contribution in [0.2, 0.25) is 0 Å². The van der Waals surface area contributed by atoms with Crippen LogP contribution in [0.25, 0.3) is 5.00 Å². The van der Waals surface area contributed by atoms with E-state index in [0.29, 0.717) is 16.3 Å². The fourth-order valence-electron chi connectivity index (χ4n) is 5.59.